The van der Waals surface area contributed by atoms with Crippen molar-refractivity contribution in [2.75, 3.05) is 6.61 Å². The molecule has 3 aromatic rings. The van der Waals surface area contributed by atoms with E-state index in [2.05, 4.69) is 5.32 Å². The Morgan fingerprint density at radius 2 is 2.10 bits per heavy atom. The van der Waals surface area contributed by atoms with Gasteiger partial charge in [-0.05, 0) is 67.6 Å². The molecule has 1 aliphatic rings. The fraction of sp³-hybridized carbons (Fsp3) is 0.333. The monoisotopic (exact) mass is 442 g/mol. The Hall–Kier alpha value is -2.86. The highest BCUT2D eigenvalue weighted by atomic mass is 35.5. The molecule has 1 aliphatic carbocycles. The van der Waals surface area contributed by atoms with Crippen molar-refractivity contribution in [3.63, 3.8) is 0 Å². The number of nitrogens with zero attached hydrogens (tertiary/aromatic N) is 1. The summed E-state index contributed by atoms with van der Waals surface area (Å²) in [6.07, 6.45) is 2.28. The van der Waals surface area contributed by atoms with Crippen LogP contribution in [0.5, 0.6) is 0 Å². The number of fused-ring (bicyclic) bond motifs is 3. The molecule has 2 aromatic carbocycles. The van der Waals surface area contributed by atoms with E-state index >= 15 is 0 Å². The molecule has 1 atom stereocenters. The number of hydrogen-bond acceptors (Lipinski definition) is 3. The fourth-order valence-corrected chi connectivity index (χ4v) is 4.59. The van der Waals surface area contributed by atoms with Crippen molar-refractivity contribution in [1.82, 2.24) is 9.88 Å². The first-order valence-electron chi connectivity index (χ1n) is 10.4. The molecule has 31 heavy (non-hydrogen) atoms. The summed E-state index contributed by atoms with van der Waals surface area (Å²) in [5.41, 5.74) is 3.66. The van der Waals surface area contributed by atoms with Crippen molar-refractivity contribution in [1.29, 1.82) is 0 Å². The SMILES string of the molecule is CCOC(=O)Cn1c2c(c3cc(F)ccc31)C[C@H](NC(=O)Cc1cccc(Cl)c1)CC2. The first-order valence-corrected chi connectivity index (χ1v) is 10.8. The molecule has 0 aliphatic heterocycles. The van der Waals surface area contributed by atoms with Gasteiger partial charge in [-0.2, -0.15) is 0 Å². The summed E-state index contributed by atoms with van der Waals surface area (Å²) in [5.74, 6) is -0.712. The third kappa shape index (κ3) is 4.74. The van der Waals surface area contributed by atoms with Gasteiger partial charge in [-0.15, -0.1) is 0 Å². The van der Waals surface area contributed by atoms with E-state index in [0.717, 1.165) is 34.1 Å². The van der Waals surface area contributed by atoms with Crippen LogP contribution in [0.25, 0.3) is 10.9 Å². The van der Waals surface area contributed by atoms with Gasteiger partial charge in [0.25, 0.3) is 0 Å². The zero-order chi connectivity index (χ0) is 22.0. The molecule has 1 amide bonds. The van der Waals surface area contributed by atoms with Crippen molar-refractivity contribution < 1.29 is 18.7 Å². The van der Waals surface area contributed by atoms with Crippen LogP contribution >= 0.6 is 11.6 Å². The number of hydrogen-bond donors (Lipinski definition) is 1. The molecule has 5 nitrogen and oxygen atoms in total. The lowest BCUT2D eigenvalue weighted by molar-refractivity contribution is -0.143. The summed E-state index contributed by atoms with van der Waals surface area (Å²) >= 11 is 6.01. The Morgan fingerprint density at radius 1 is 1.26 bits per heavy atom. The Bertz CT molecular complexity index is 1140. The van der Waals surface area contributed by atoms with Gasteiger partial charge in [0.1, 0.15) is 12.4 Å². The number of ether oxygens (including phenoxy) is 1. The Balaban J connectivity index is 1.55. The lowest BCUT2D eigenvalue weighted by Gasteiger charge is -2.25. The van der Waals surface area contributed by atoms with Crippen LogP contribution in [0.3, 0.4) is 0 Å². The van der Waals surface area contributed by atoms with E-state index in [4.69, 9.17) is 16.3 Å². The van der Waals surface area contributed by atoms with Crippen LogP contribution in [0.1, 0.15) is 30.2 Å². The molecule has 0 saturated heterocycles. The topological polar surface area (TPSA) is 60.3 Å². The maximum atomic E-state index is 14.0. The first-order chi connectivity index (χ1) is 14.9. The van der Waals surface area contributed by atoms with Crippen LogP contribution in [0.2, 0.25) is 5.02 Å². The summed E-state index contributed by atoms with van der Waals surface area (Å²) in [4.78, 5) is 24.7. The van der Waals surface area contributed by atoms with E-state index in [9.17, 15) is 14.0 Å². The van der Waals surface area contributed by atoms with Gasteiger partial charge in [0.05, 0.1) is 13.0 Å². The average Bonchev–Trinajstić information content (AvgIpc) is 3.00. The van der Waals surface area contributed by atoms with Crippen molar-refractivity contribution >= 4 is 34.4 Å². The van der Waals surface area contributed by atoms with Gasteiger partial charge in [0.15, 0.2) is 0 Å². The number of carbonyl (C=O) groups excluding carboxylic acids is 2. The smallest absolute Gasteiger partial charge is 0.325 e. The van der Waals surface area contributed by atoms with Crippen molar-refractivity contribution in [2.24, 2.45) is 0 Å². The van der Waals surface area contributed by atoms with Gasteiger partial charge in [-0.3, -0.25) is 9.59 Å². The number of esters is 1. The molecule has 7 heteroatoms. The van der Waals surface area contributed by atoms with Gasteiger partial charge in [-0.1, -0.05) is 23.7 Å². The Labute approximate surface area is 185 Å². The molecule has 162 valence electrons. The number of aromatic nitrogens is 1. The summed E-state index contributed by atoms with van der Waals surface area (Å²) in [6, 6.07) is 11.8. The number of halogens is 2. The number of nitrogens with one attached hydrogen (secondary N) is 1. The molecule has 0 radical (unpaired) electrons. The molecule has 0 spiro atoms. The lowest BCUT2D eigenvalue weighted by Crippen LogP contribution is -2.39. The highest BCUT2D eigenvalue weighted by molar-refractivity contribution is 6.30. The second-order valence-electron chi connectivity index (χ2n) is 7.79. The lowest BCUT2D eigenvalue weighted by atomic mass is 9.91. The van der Waals surface area contributed by atoms with Gasteiger partial charge >= 0.3 is 5.97 Å². The third-order valence-electron chi connectivity index (χ3n) is 5.64. The molecule has 1 N–H and O–H groups in total. The average molecular weight is 443 g/mol. The van der Waals surface area contributed by atoms with Gasteiger partial charge in [0, 0.05) is 27.7 Å². The van der Waals surface area contributed by atoms with E-state index in [1.54, 1.807) is 25.1 Å². The number of amides is 1. The van der Waals surface area contributed by atoms with E-state index in [1.165, 1.54) is 12.1 Å². The minimum atomic E-state index is -0.323. The van der Waals surface area contributed by atoms with Crippen LogP contribution in [-0.4, -0.2) is 29.1 Å². The predicted octanol–water partition coefficient (Wildman–Crippen LogP) is 4.21. The van der Waals surface area contributed by atoms with Gasteiger partial charge in [-0.25, -0.2) is 4.39 Å². The maximum absolute atomic E-state index is 14.0. The molecule has 4 rings (SSSR count). The largest absolute Gasteiger partial charge is 0.465 e. The van der Waals surface area contributed by atoms with Crippen LogP contribution < -0.4 is 5.32 Å². The second-order valence-corrected chi connectivity index (χ2v) is 8.23. The molecule has 0 bridgehead atoms. The number of rotatable bonds is 6. The van der Waals surface area contributed by atoms with Crippen molar-refractivity contribution in [3.05, 3.63) is 70.1 Å². The van der Waals surface area contributed by atoms with E-state index in [1.807, 2.05) is 16.7 Å². The molecule has 0 saturated carbocycles. The van der Waals surface area contributed by atoms with E-state index in [0.29, 0.717) is 24.5 Å². The Morgan fingerprint density at radius 3 is 2.87 bits per heavy atom. The number of benzene rings is 2. The van der Waals surface area contributed by atoms with Crippen LogP contribution in [0.4, 0.5) is 4.39 Å². The normalized spacial score (nSPS) is 15.5. The first kappa shape index (κ1) is 21.4. The summed E-state index contributed by atoms with van der Waals surface area (Å²) in [7, 11) is 0. The summed E-state index contributed by atoms with van der Waals surface area (Å²) in [6.45, 7) is 2.18. The van der Waals surface area contributed by atoms with Crippen molar-refractivity contribution in [2.45, 2.75) is 45.2 Å². The van der Waals surface area contributed by atoms with E-state index in [-0.39, 0.29) is 36.7 Å². The second kappa shape index (κ2) is 9.10. The number of carbonyl (C=O) groups is 2. The minimum absolute atomic E-state index is 0.0518. The molecular weight excluding hydrogens is 419 g/mol. The molecule has 1 aromatic heterocycles. The highest BCUT2D eigenvalue weighted by Gasteiger charge is 2.27. The molecule has 0 unspecified atom stereocenters. The van der Waals surface area contributed by atoms with Gasteiger partial charge < -0.3 is 14.6 Å². The zero-order valence-electron chi connectivity index (χ0n) is 17.3. The molecule has 0 fully saturated rings. The van der Waals surface area contributed by atoms with Crippen LogP contribution in [0.15, 0.2) is 42.5 Å². The van der Waals surface area contributed by atoms with Crippen LogP contribution in [0, 0.1) is 5.82 Å². The standard InChI is InChI=1S/C24H24ClFN2O3/c1-2-31-24(30)14-28-21-8-6-17(26)12-19(21)20-13-18(7-9-22(20)28)27-23(29)11-15-4-3-5-16(25)10-15/h3-6,8,10,12,18H,2,7,9,11,13-14H2,1H3,(H,27,29)/t18-/m1/s1. The molecule has 1 heterocycles. The Kier molecular flexibility index (Phi) is 6.28. The summed E-state index contributed by atoms with van der Waals surface area (Å²) in [5, 5.41) is 4.49. The molecular formula is C24H24ClFN2O3. The highest BCUT2D eigenvalue weighted by Crippen LogP contribution is 2.33. The fourth-order valence-electron chi connectivity index (χ4n) is 4.37. The minimum Gasteiger partial charge on any atom is -0.465 e. The van der Waals surface area contributed by atoms with Crippen LogP contribution in [-0.2, 0) is 40.1 Å². The predicted molar refractivity (Wildman–Crippen MR) is 118 cm³/mol. The quantitative estimate of drug-likeness (QED) is 0.582. The maximum Gasteiger partial charge on any atom is 0.325 e. The third-order valence-corrected chi connectivity index (χ3v) is 5.88. The van der Waals surface area contributed by atoms with Crippen molar-refractivity contribution in [3.8, 4) is 0 Å². The van der Waals surface area contributed by atoms with E-state index < -0.39 is 0 Å². The summed E-state index contributed by atoms with van der Waals surface area (Å²) < 4.78 is 21.0. The van der Waals surface area contributed by atoms with Gasteiger partial charge in [0.2, 0.25) is 5.91 Å². The zero-order valence-corrected chi connectivity index (χ0v) is 18.0.